The Bertz CT molecular complexity index is 626. The molecule has 1 heterocycles. The van der Waals surface area contributed by atoms with Crippen LogP contribution in [-0.4, -0.2) is 48.4 Å². The lowest BCUT2D eigenvalue weighted by Gasteiger charge is -2.33. The number of aryl methyl sites for hydroxylation is 1. The SMILES string of the molecule is CC1CCCCC1NC(=O)CN1CCC(NC(=O)CCc2ccccc2)CC1. The number of carbonyl (C=O) groups excluding carboxylic acids is 2. The monoisotopic (exact) mass is 385 g/mol. The van der Waals surface area contributed by atoms with Gasteiger partial charge in [0.15, 0.2) is 0 Å². The summed E-state index contributed by atoms with van der Waals surface area (Å²) in [6, 6.07) is 10.7. The van der Waals surface area contributed by atoms with Crippen molar-refractivity contribution in [2.75, 3.05) is 19.6 Å². The third kappa shape index (κ3) is 6.62. The molecule has 1 aliphatic carbocycles. The molecule has 5 nitrogen and oxygen atoms in total. The minimum Gasteiger partial charge on any atom is -0.353 e. The normalized spacial score (nSPS) is 23.9. The lowest BCUT2D eigenvalue weighted by atomic mass is 9.86. The van der Waals surface area contributed by atoms with Gasteiger partial charge in [0, 0.05) is 31.6 Å². The van der Waals surface area contributed by atoms with E-state index in [1.165, 1.54) is 24.8 Å². The first-order valence-electron chi connectivity index (χ1n) is 10.9. The van der Waals surface area contributed by atoms with Crippen LogP contribution in [0.2, 0.25) is 0 Å². The van der Waals surface area contributed by atoms with Gasteiger partial charge in [-0.3, -0.25) is 14.5 Å². The van der Waals surface area contributed by atoms with Crippen LogP contribution < -0.4 is 10.6 Å². The van der Waals surface area contributed by atoms with Gasteiger partial charge in [-0.25, -0.2) is 0 Å². The average Bonchev–Trinajstić information content (AvgIpc) is 2.70. The summed E-state index contributed by atoms with van der Waals surface area (Å²) in [5.41, 5.74) is 1.20. The van der Waals surface area contributed by atoms with Gasteiger partial charge in [0.2, 0.25) is 11.8 Å². The van der Waals surface area contributed by atoms with Crippen molar-refractivity contribution in [2.45, 2.75) is 70.4 Å². The predicted octanol–water partition coefficient (Wildman–Crippen LogP) is 2.89. The van der Waals surface area contributed by atoms with E-state index in [1.807, 2.05) is 18.2 Å². The van der Waals surface area contributed by atoms with E-state index in [9.17, 15) is 9.59 Å². The highest BCUT2D eigenvalue weighted by atomic mass is 16.2. The number of nitrogens with one attached hydrogen (secondary N) is 2. The highest BCUT2D eigenvalue weighted by Crippen LogP contribution is 2.23. The summed E-state index contributed by atoms with van der Waals surface area (Å²) < 4.78 is 0. The second-order valence-corrected chi connectivity index (χ2v) is 8.54. The molecule has 0 spiro atoms. The summed E-state index contributed by atoms with van der Waals surface area (Å²) in [6.45, 7) is 4.47. The zero-order valence-corrected chi connectivity index (χ0v) is 17.2. The molecule has 28 heavy (non-hydrogen) atoms. The van der Waals surface area contributed by atoms with Crippen LogP contribution in [0.25, 0.3) is 0 Å². The molecule has 2 aliphatic rings. The highest BCUT2D eigenvalue weighted by Gasteiger charge is 2.25. The van der Waals surface area contributed by atoms with Crippen molar-refractivity contribution < 1.29 is 9.59 Å². The Hall–Kier alpha value is -1.88. The largest absolute Gasteiger partial charge is 0.353 e. The number of nitrogens with zero attached hydrogens (tertiary/aromatic N) is 1. The maximum absolute atomic E-state index is 12.4. The van der Waals surface area contributed by atoms with Gasteiger partial charge in [-0.05, 0) is 43.6 Å². The van der Waals surface area contributed by atoms with Crippen LogP contribution in [0, 0.1) is 5.92 Å². The van der Waals surface area contributed by atoms with Gasteiger partial charge in [-0.15, -0.1) is 0 Å². The van der Waals surface area contributed by atoms with E-state index in [0.717, 1.165) is 38.8 Å². The van der Waals surface area contributed by atoms with Crippen LogP contribution in [0.4, 0.5) is 0 Å². The van der Waals surface area contributed by atoms with Gasteiger partial charge in [-0.1, -0.05) is 50.1 Å². The van der Waals surface area contributed by atoms with E-state index in [1.54, 1.807) is 0 Å². The fourth-order valence-corrected chi connectivity index (χ4v) is 4.42. The molecule has 2 amide bonds. The molecule has 154 valence electrons. The van der Waals surface area contributed by atoms with Gasteiger partial charge >= 0.3 is 0 Å². The first-order valence-corrected chi connectivity index (χ1v) is 10.9. The fraction of sp³-hybridized carbons (Fsp3) is 0.652. The molecule has 0 bridgehead atoms. The number of hydrogen-bond acceptors (Lipinski definition) is 3. The number of amides is 2. The smallest absolute Gasteiger partial charge is 0.234 e. The van der Waals surface area contributed by atoms with Crippen molar-refractivity contribution in [1.82, 2.24) is 15.5 Å². The Balaban J connectivity index is 1.31. The summed E-state index contributed by atoms with van der Waals surface area (Å²) in [5.74, 6) is 0.880. The first kappa shape index (κ1) is 20.8. The maximum atomic E-state index is 12.4. The summed E-state index contributed by atoms with van der Waals surface area (Å²) >= 11 is 0. The fourth-order valence-electron chi connectivity index (χ4n) is 4.42. The van der Waals surface area contributed by atoms with E-state index in [0.29, 0.717) is 24.9 Å². The minimum absolute atomic E-state index is 0.131. The topological polar surface area (TPSA) is 61.4 Å². The first-order chi connectivity index (χ1) is 13.6. The summed E-state index contributed by atoms with van der Waals surface area (Å²) in [5, 5.41) is 6.41. The highest BCUT2D eigenvalue weighted by molar-refractivity contribution is 5.78. The van der Waals surface area contributed by atoms with E-state index in [-0.39, 0.29) is 17.9 Å². The Kier molecular flexibility index (Phi) is 7.90. The van der Waals surface area contributed by atoms with E-state index in [2.05, 4.69) is 34.6 Å². The zero-order chi connectivity index (χ0) is 19.8. The van der Waals surface area contributed by atoms with Crippen molar-refractivity contribution in [3.63, 3.8) is 0 Å². The van der Waals surface area contributed by atoms with Crippen molar-refractivity contribution in [3.05, 3.63) is 35.9 Å². The number of benzene rings is 1. The van der Waals surface area contributed by atoms with Crippen LogP contribution in [-0.2, 0) is 16.0 Å². The minimum atomic E-state index is 0.131. The summed E-state index contributed by atoms with van der Waals surface area (Å²) in [6.07, 6.45) is 8.01. The quantitative estimate of drug-likeness (QED) is 0.759. The summed E-state index contributed by atoms with van der Waals surface area (Å²) in [4.78, 5) is 26.8. The third-order valence-corrected chi connectivity index (χ3v) is 6.26. The second-order valence-electron chi connectivity index (χ2n) is 8.54. The molecule has 5 heteroatoms. The van der Waals surface area contributed by atoms with Crippen LogP contribution in [0.5, 0.6) is 0 Å². The zero-order valence-electron chi connectivity index (χ0n) is 17.2. The van der Waals surface area contributed by atoms with Gasteiger partial charge in [0.1, 0.15) is 0 Å². The van der Waals surface area contributed by atoms with Gasteiger partial charge in [0.05, 0.1) is 6.54 Å². The Morgan fingerprint density at radius 2 is 1.68 bits per heavy atom. The van der Waals surface area contributed by atoms with E-state index >= 15 is 0 Å². The second kappa shape index (κ2) is 10.6. The van der Waals surface area contributed by atoms with Crippen LogP contribution in [0.3, 0.4) is 0 Å². The Morgan fingerprint density at radius 1 is 0.964 bits per heavy atom. The van der Waals surface area contributed by atoms with Crippen molar-refractivity contribution in [2.24, 2.45) is 5.92 Å². The van der Waals surface area contributed by atoms with Crippen molar-refractivity contribution >= 4 is 11.8 Å². The molecule has 1 aliphatic heterocycles. The van der Waals surface area contributed by atoms with Crippen LogP contribution >= 0.6 is 0 Å². The molecule has 2 fully saturated rings. The standard InChI is InChI=1S/C23H35N3O2/c1-18-7-5-6-10-21(18)25-23(28)17-26-15-13-20(14-16-26)24-22(27)12-11-19-8-3-2-4-9-19/h2-4,8-9,18,20-21H,5-7,10-17H2,1H3,(H,24,27)(H,25,28). The van der Waals surface area contributed by atoms with Gasteiger partial charge < -0.3 is 10.6 Å². The molecule has 1 saturated carbocycles. The number of piperidine rings is 1. The predicted molar refractivity (Wildman–Crippen MR) is 112 cm³/mol. The molecule has 1 aromatic carbocycles. The average molecular weight is 386 g/mol. The third-order valence-electron chi connectivity index (χ3n) is 6.26. The van der Waals surface area contributed by atoms with Crippen molar-refractivity contribution in [3.8, 4) is 0 Å². The Labute approximate surface area is 169 Å². The molecule has 2 N–H and O–H groups in total. The molecule has 0 radical (unpaired) electrons. The summed E-state index contributed by atoms with van der Waals surface area (Å²) in [7, 11) is 0. The van der Waals surface area contributed by atoms with Crippen LogP contribution in [0.1, 0.15) is 57.4 Å². The number of hydrogen-bond donors (Lipinski definition) is 2. The molecule has 1 saturated heterocycles. The molecule has 2 unspecified atom stereocenters. The van der Waals surface area contributed by atoms with Gasteiger partial charge in [-0.2, -0.15) is 0 Å². The number of rotatable bonds is 7. The molecular weight excluding hydrogens is 350 g/mol. The lowest BCUT2D eigenvalue weighted by Crippen LogP contribution is -2.49. The van der Waals surface area contributed by atoms with Gasteiger partial charge in [0.25, 0.3) is 0 Å². The molecule has 1 aromatic rings. The molecule has 0 aromatic heterocycles. The Morgan fingerprint density at radius 3 is 2.39 bits per heavy atom. The number of likely N-dealkylation sites (tertiary alicyclic amines) is 1. The molecular formula is C23H35N3O2. The van der Waals surface area contributed by atoms with E-state index in [4.69, 9.17) is 0 Å². The van der Waals surface area contributed by atoms with E-state index < -0.39 is 0 Å². The molecule has 2 atom stereocenters. The van der Waals surface area contributed by atoms with Crippen LogP contribution in [0.15, 0.2) is 30.3 Å². The maximum Gasteiger partial charge on any atom is 0.234 e. The number of carbonyl (C=O) groups is 2. The molecule has 3 rings (SSSR count). The lowest BCUT2D eigenvalue weighted by molar-refractivity contribution is -0.125. The van der Waals surface area contributed by atoms with Crippen molar-refractivity contribution in [1.29, 1.82) is 0 Å².